The summed E-state index contributed by atoms with van der Waals surface area (Å²) in [7, 11) is 0. The molecule has 0 spiro atoms. The molecule has 0 aliphatic rings. The van der Waals surface area contributed by atoms with E-state index in [1.165, 1.54) is 31.2 Å². The van der Waals surface area contributed by atoms with Gasteiger partial charge in [-0.15, -0.1) is 5.10 Å². The zero-order valence-electron chi connectivity index (χ0n) is 13.0. The highest BCUT2D eigenvalue weighted by Crippen LogP contribution is 2.23. The molecule has 0 aliphatic heterocycles. The van der Waals surface area contributed by atoms with Gasteiger partial charge < -0.3 is 5.11 Å². The van der Waals surface area contributed by atoms with Crippen LogP contribution >= 0.6 is 0 Å². The monoisotopic (exact) mass is 287 g/mol. The molecule has 1 aromatic heterocycles. The third kappa shape index (κ3) is 4.14. The van der Waals surface area contributed by atoms with E-state index in [0.29, 0.717) is 5.69 Å². The minimum Gasteiger partial charge on any atom is -0.390 e. The highest BCUT2D eigenvalue weighted by Gasteiger charge is 2.14. The Hall–Kier alpha value is -1.68. The predicted octanol–water partition coefficient (Wildman–Crippen LogP) is 3.72. The Morgan fingerprint density at radius 3 is 2.67 bits per heavy atom. The number of aromatic nitrogens is 3. The van der Waals surface area contributed by atoms with Gasteiger partial charge in [0.05, 0.1) is 12.3 Å². The fraction of sp³-hybridized carbons (Fsp3) is 0.529. The zero-order chi connectivity index (χ0) is 15.1. The van der Waals surface area contributed by atoms with Crippen molar-refractivity contribution in [3.05, 3.63) is 35.5 Å². The number of unbranched alkanes of at least 4 members (excludes halogenated alkanes) is 4. The summed E-state index contributed by atoms with van der Waals surface area (Å²) >= 11 is 0. The van der Waals surface area contributed by atoms with Crippen molar-refractivity contribution in [3.63, 3.8) is 0 Å². The fourth-order valence-corrected chi connectivity index (χ4v) is 2.59. The number of nitrogens with zero attached hydrogens (tertiary/aromatic N) is 3. The lowest BCUT2D eigenvalue weighted by atomic mass is 10.1. The maximum absolute atomic E-state index is 9.49. The SMILES string of the molecule is CCCCCCCn1nnc(CO)c1-c1cccc(C)c1. The Bertz CT molecular complexity index is 563. The van der Waals surface area contributed by atoms with Gasteiger partial charge in [0, 0.05) is 12.1 Å². The van der Waals surface area contributed by atoms with Crippen molar-refractivity contribution in [1.82, 2.24) is 15.0 Å². The smallest absolute Gasteiger partial charge is 0.116 e. The van der Waals surface area contributed by atoms with Gasteiger partial charge in [-0.3, -0.25) is 0 Å². The summed E-state index contributed by atoms with van der Waals surface area (Å²) in [5, 5.41) is 17.8. The Labute approximate surface area is 126 Å². The number of aliphatic hydroxyl groups excluding tert-OH is 1. The van der Waals surface area contributed by atoms with Crippen LogP contribution in [-0.2, 0) is 13.2 Å². The number of benzene rings is 1. The average molecular weight is 287 g/mol. The molecule has 2 rings (SSSR count). The molecule has 1 N–H and O–H groups in total. The van der Waals surface area contributed by atoms with Gasteiger partial charge in [0.1, 0.15) is 5.69 Å². The molecule has 0 atom stereocenters. The number of aliphatic hydroxyl groups is 1. The van der Waals surface area contributed by atoms with Crippen molar-refractivity contribution in [2.75, 3.05) is 0 Å². The van der Waals surface area contributed by atoms with Crippen LogP contribution in [0, 0.1) is 6.92 Å². The van der Waals surface area contributed by atoms with Gasteiger partial charge >= 0.3 is 0 Å². The van der Waals surface area contributed by atoms with E-state index in [1.54, 1.807) is 0 Å². The van der Waals surface area contributed by atoms with Crippen molar-refractivity contribution < 1.29 is 5.11 Å². The van der Waals surface area contributed by atoms with Crippen LogP contribution in [0.5, 0.6) is 0 Å². The summed E-state index contributed by atoms with van der Waals surface area (Å²) in [6.07, 6.45) is 6.15. The third-order valence-electron chi connectivity index (χ3n) is 3.72. The van der Waals surface area contributed by atoms with Crippen LogP contribution in [-0.4, -0.2) is 20.1 Å². The van der Waals surface area contributed by atoms with E-state index < -0.39 is 0 Å². The van der Waals surface area contributed by atoms with Gasteiger partial charge in [0.15, 0.2) is 0 Å². The van der Waals surface area contributed by atoms with Crippen LogP contribution in [0.15, 0.2) is 24.3 Å². The quantitative estimate of drug-likeness (QED) is 0.753. The average Bonchev–Trinajstić information content (AvgIpc) is 2.90. The van der Waals surface area contributed by atoms with Crippen molar-refractivity contribution in [3.8, 4) is 11.3 Å². The lowest BCUT2D eigenvalue weighted by molar-refractivity contribution is 0.277. The van der Waals surface area contributed by atoms with Gasteiger partial charge in [-0.1, -0.05) is 61.6 Å². The molecule has 0 amide bonds. The molecule has 0 saturated heterocycles. The largest absolute Gasteiger partial charge is 0.390 e. The van der Waals surface area contributed by atoms with Gasteiger partial charge in [0.2, 0.25) is 0 Å². The summed E-state index contributed by atoms with van der Waals surface area (Å²) in [4.78, 5) is 0. The summed E-state index contributed by atoms with van der Waals surface area (Å²) < 4.78 is 1.94. The Morgan fingerprint density at radius 2 is 1.95 bits per heavy atom. The topological polar surface area (TPSA) is 50.9 Å². The second-order valence-corrected chi connectivity index (χ2v) is 5.55. The summed E-state index contributed by atoms with van der Waals surface area (Å²) in [5.41, 5.74) is 3.90. The number of hydrogen-bond acceptors (Lipinski definition) is 3. The summed E-state index contributed by atoms with van der Waals surface area (Å²) in [6.45, 7) is 5.08. The standard InChI is InChI=1S/C17H25N3O/c1-3-4-5-6-7-11-20-17(16(13-21)18-19-20)15-10-8-9-14(2)12-15/h8-10,12,21H,3-7,11,13H2,1-2H3. The Kier molecular flexibility index (Phi) is 5.93. The lowest BCUT2D eigenvalue weighted by Gasteiger charge is -2.08. The second-order valence-electron chi connectivity index (χ2n) is 5.55. The van der Waals surface area contributed by atoms with Crippen molar-refractivity contribution in [2.45, 2.75) is 59.1 Å². The molecule has 0 aliphatic carbocycles. The number of hydrogen-bond donors (Lipinski definition) is 1. The molecule has 0 radical (unpaired) electrons. The molecule has 0 saturated carbocycles. The number of rotatable bonds is 8. The molecule has 0 unspecified atom stereocenters. The third-order valence-corrected chi connectivity index (χ3v) is 3.72. The van der Waals surface area contributed by atoms with Crippen LogP contribution < -0.4 is 0 Å². The van der Waals surface area contributed by atoms with E-state index in [2.05, 4.69) is 42.4 Å². The fourth-order valence-electron chi connectivity index (χ4n) is 2.59. The van der Waals surface area contributed by atoms with Crippen molar-refractivity contribution in [1.29, 1.82) is 0 Å². The Balaban J connectivity index is 2.13. The minimum atomic E-state index is -0.0703. The van der Waals surface area contributed by atoms with E-state index >= 15 is 0 Å². The van der Waals surface area contributed by atoms with Crippen LogP contribution in [0.3, 0.4) is 0 Å². The molecule has 0 fully saturated rings. The van der Waals surface area contributed by atoms with Crippen LogP contribution in [0.25, 0.3) is 11.3 Å². The Morgan fingerprint density at radius 1 is 1.14 bits per heavy atom. The molecular weight excluding hydrogens is 262 g/mol. The molecular formula is C17H25N3O. The lowest BCUT2D eigenvalue weighted by Crippen LogP contribution is -2.03. The molecule has 1 heterocycles. The normalized spacial score (nSPS) is 11.0. The predicted molar refractivity (Wildman–Crippen MR) is 84.9 cm³/mol. The van der Waals surface area contributed by atoms with Gasteiger partial charge in [-0.25, -0.2) is 4.68 Å². The van der Waals surface area contributed by atoms with Gasteiger partial charge in [0.25, 0.3) is 0 Å². The number of aryl methyl sites for hydroxylation is 2. The molecule has 0 bridgehead atoms. The first kappa shape index (κ1) is 15.7. The first-order valence-corrected chi connectivity index (χ1v) is 7.86. The zero-order valence-corrected chi connectivity index (χ0v) is 13.0. The molecule has 114 valence electrons. The maximum atomic E-state index is 9.49. The highest BCUT2D eigenvalue weighted by atomic mass is 16.3. The molecule has 1 aromatic carbocycles. The van der Waals surface area contributed by atoms with Crippen LogP contribution in [0.4, 0.5) is 0 Å². The van der Waals surface area contributed by atoms with E-state index in [9.17, 15) is 5.11 Å². The molecule has 4 heteroatoms. The second kappa shape index (κ2) is 7.93. The first-order valence-electron chi connectivity index (χ1n) is 7.86. The molecule has 21 heavy (non-hydrogen) atoms. The van der Waals surface area contributed by atoms with Crippen LogP contribution in [0.1, 0.15) is 50.3 Å². The van der Waals surface area contributed by atoms with Crippen LogP contribution in [0.2, 0.25) is 0 Å². The highest BCUT2D eigenvalue weighted by molar-refractivity contribution is 5.62. The molecule has 2 aromatic rings. The van der Waals surface area contributed by atoms with E-state index in [1.807, 2.05) is 10.7 Å². The summed E-state index contributed by atoms with van der Waals surface area (Å²) in [6, 6.07) is 8.27. The first-order chi connectivity index (χ1) is 10.3. The van der Waals surface area contributed by atoms with E-state index in [0.717, 1.165) is 24.2 Å². The minimum absolute atomic E-state index is 0.0703. The van der Waals surface area contributed by atoms with E-state index in [4.69, 9.17) is 0 Å². The maximum Gasteiger partial charge on any atom is 0.116 e. The van der Waals surface area contributed by atoms with Crippen molar-refractivity contribution in [2.24, 2.45) is 0 Å². The van der Waals surface area contributed by atoms with Crippen molar-refractivity contribution >= 4 is 0 Å². The van der Waals surface area contributed by atoms with Gasteiger partial charge in [-0.2, -0.15) is 0 Å². The van der Waals surface area contributed by atoms with E-state index in [-0.39, 0.29) is 6.61 Å². The van der Waals surface area contributed by atoms with Gasteiger partial charge in [-0.05, 0) is 19.4 Å². The molecule has 4 nitrogen and oxygen atoms in total. The summed E-state index contributed by atoms with van der Waals surface area (Å²) in [5.74, 6) is 0.